The molecule has 1 fully saturated rings. The van der Waals surface area contributed by atoms with Crippen LogP contribution < -0.4 is 5.32 Å². The van der Waals surface area contributed by atoms with Crippen LogP contribution in [0.3, 0.4) is 0 Å². The molecule has 2 aliphatic rings. The second kappa shape index (κ2) is 6.47. The summed E-state index contributed by atoms with van der Waals surface area (Å²) in [6.45, 7) is 5.29. The number of piperidine rings is 1. The molecule has 0 radical (unpaired) electrons. The molecule has 3 heterocycles. The Labute approximate surface area is 172 Å². The Bertz CT molecular complexity index is 1170. The Balaban J connectivity index is 1.48. The van der Waals surface area contributed by atoms with E-state index in [1.54, 1.807) is 28.6 Å². The van der Waals surface area contributed by atoms with E-state index >= 15 is 0 Å². The lowest BCUT2D eigenvalue weighted by Gasteiger charge is -2.46. The number of nitrogens with one attached hydrogen (secondary N) is 1. The van der Waals surface area contributed by atoms with Gasteiger partial charge < -0.3 is 9.88 Å². The van der Waals surface area contributed by atoms with Gasteiger partial charge in [-0.1, -0.05) is 24.3 Å². The summed E-state index contributed by atoms with van der Waals surface area (Å²) >= 11 is 0. The van der Waals surface area contributed by atoms with E-state index in [2.05, 4.69) is 54.2 Å². The van der Waals surface area contributed by atoms with Gasteiger partial charge in [-0.3, -0.25) is 0 Å². The summed E-state index contributed by atoms with van der Waals surface area (Å²) in [5.41, 5.74) is 5.83. The predicted molar refractivity (Wildman–Crippen MR) is 115 cm³/mol. The minimum absolute atomic E-state index is 0.249. The number of hydrogen-bond acceptors (Lipinski definition) is 3. The Morgan fingerprint density at radius 2 is 1.66 bits per heavy atom. The monoisotopic (exact) mass is 407 g/mol. The molecule has 0 atom stereocenters. The van der Waals surface area contributed by atoms with Crippen molar-refractivity contribution in [3.8, 4) is 5.69 Å². The van der Waals surface area contributed by atoms with E-state index in [0.717, 1.165) is 18.5 Å². The predicted octanol–water partition coefficient (Wildman–Crippen LogP) is 4.20. The van der Waals surface area contributed by atoms with E-state index in [9.17, 15) is 8.42 Å². The van der Waals surface area contributed by atoms with Crippen molar-refractivity contribution in [2.75, 3.05) is 18.4 Å². The maximum absolute atomic E-state index is 13.0. The summed E-state index contributed by atoms with van der Waals surface area (Å²) in [5.74, 6) is 0. The van der Waals surface area contributed by atoms with Crippen LogP contribution in [0.15, 0.2) is 65.7 Å². The first kappa shape index (κ1) is 18.5. The normalized spacial score (nSPS) is 18.1. The van der Waals surface area contributed by atoms with Crippen LogP contribution in [0.4, 0.5) is 5.69 Å². The molecule has 6 heteroatoms. The number of fused-ring (bicyclic) bond motifs is 4. The Morgan fingerprint density at radius 3 is 2.38 bits per heavy atom. The molecule has 2 aromatic carbocycles. The summed E-state index contributed by atoms with van der Waals surface area (Å²) in [4.78, 5) is 0.368. The SMILES string of the molecule is Cc1ccc2c(c1C)-n1cccc1C1(CCN(S(=O)(=O)c3ccccc3)CC1)N2. The Hall–Kier alpha value is -2.57. The van der Waals surface area contributed by atoms with Crippen molar-refractivity contribution in [2.45, 2.75) is 37.1 Å². The highest BCUT2D eigenvalue weighted by molar-refractivity contribution is 7.89. The van der Waals surface area contributed by atoms with Crippen LogP contribution in [0.5, 0.6) is 0 Å². The molecule has 29 heavy (non-hydrogen) atoms. The molecule has 1 aromatic heterocycles. The average molecular weight is 408 g/mol. The van der Waals surface area contributed by atoms with Gasteiger partial charge in [-0.2, -0.15) is 4.31 Å². The summed E-state index contributed by atoms with van der Waals surface area (Å²) in [6.07, 6.45) is 3.58. The second-order valence-electron chi connectivity index (χ2n) is 8.09. The lowest BCUT2D eigenvalue weighted by atomic mass is 9.82. The highest BCUT2D eigenvalue weighted by Crippen LogP contribution is 2.45. The van der Waals surface area contributed by atoms with Crippen molar-refractivity contribution in [2.24, 2.45) is 0 Å². The van der Waals surface area contributed by atoms with Crippen molar-refractivity contribution in [1.82, 2.24) is 8.87 Å². The summed E-state index contributed by atoms with van der Waals surface area (Å²) < 4.78 is 30.0. The van der Waals surface area contributed by atoms with Crippen LogP contribution in [0.1, 0.15) is 29.7 Å². The van der Waals surface area contributed by atoms with Crippen molar-refractivity contribution in [1.29, 1.82) is 0 Å². The third-order valence-electron chi connectivity index (χ3n) is 6.51. The maximum atomic E-state index is 13.0. The first-order valence-corrected chi connectivity index (χ1v) is 11.5. The molecular weight excluding hydrogens is 382 g/mol. The highest BCUT2D eigenvalue weighted by Gasteiger charge is 2.44. The first-order valence-electron chi connectivity index (χ1n) is 10.0. The Morgan fingerprint density at radius 1 is 0.931 bits per heavy atom. The molecule has 0 unspecified atom stereocenters. The standard InChI is InChI=1S/C23H25N3O2S/c1-17-10-11-20-22(18(17)2)26-14-6-9-21(26)23(24-20)12-15-25(16-13-23)29(27,28)19-7-4-3-5-8-19/h3-11,14,24H,12-13,15-16H2,1-2H3. The van der Waals surface area contributed by atoms with Gasteiger partial charge in [0.05, 0.1) is 21.8 Å². The number of aromatic nitrogens is 1. The highest BCUT2D eigenvalue weighted by atomic mass is 32.2. The van der Waals surface area contributed by atoms with Gasteiger partial charge in [0.15, 0.2) is 0 Å². The van der Waals surface area contributed by atoms with E-state index in [0.29, 0.717) is 18.0 Å². The van der Waals surface area contributed by atoms with Gasteiger partial charge in [0.25, 0.3) is 0 Å². The van der Waals surface area contributed by atoms with Crippen LogP contribution in [0.2, 0.25) is 0 Å². The van der Waals surface area contributed by atoms with Crippen LogP contribution in [0, 0.1) is 13.8 Å². The van der Waals surface area contributed by atoms with Crippen LogP contribution >= 0.6 is 0 Å². The van der Waals surface area contributed by atoms with Crippen LogP contribution in [-0.4, -0.2) is 30.4 Å². The van der Waals surface area contributed by atoms with E-state index in [1.165, 1.54) is 22.5 Å². The quantitative estimate of drug-likeness (QED) is 0.693. The van der Waals surface area contributed by atoms with E-state index in [-0.39, 0.29) is 5.54 Å². The van der Waals surface area contributed by atoms with Gasteiger partial charge in [0.2, 0.25) is 10.0 Å². The fourth-order valence-electron chi connectivity index (χ4n) is 4.73. The van der Waals surface area contributed by atoms with E-state index in [1.807, 2.05) is 6.07 Å². The topological polar surface area (TPSA) is 54.3 Å². The van der Waals surface area contributed by atoms with Crippen molar-refractivity contribution < 1.29 is 8.42 Å². The molecule has 3 aromatic rings. The number of nitrogens with zero attached hydrogens (tertiary/aromatic N) is 2. The van der Waals surface area contributed by atoms with Crippen LogP contribution in [-0.2, 0) is 15.6 Å². The van der Waals surface area contributed by atoms with Gasteiger partial charge in [-0.05, 0) is 68.1 Å². The van der Waals surface area contributed by atoms with Gasteiger partial charge in [-0.15, -0.1) is 0 Å². The molecule has 1 N–H and O–H groups in total. The number of anilines is 1. The summed E-state index contributed by atoms with van der Waals surface area (Å²) in [6, 6.07) is 17.3. The molecule has 150 valence electrons. The fraction of sp³-hybridized carbons (Fsp3) is 0.304. The minimum atomic E-state index is -3.46. The molecule has 5 nitrogen and oxygen atoms in total. The van der Waals surface area contributed by atoms with E-state index in [4.69, 9.17) is 0 Å². The summed E-state index contributed by atoms with van der Waals surface area (Å²) in [7, 11) is -3.46. The van der Waals surface area contributed by atoms with Gasteiger partial charge in [0, 0.05) is 25.0 Å². The molecule has 2 aliphatic heterocycles. The molecule has 0 aliphatic carbocycles. The second-order valence-corrected chi connectivity index (χ2v) is 10.0. The maximum Gasteiger partial charge on any atom is 0.243 e. The third kappa shape index (κ3) is 2.74. The third-order valence-corrected chi connectivity index (χ3v) is 8.43. The Kier molecular flexibility index (Phi) is 4.12. The summed E-state index contributed by atoms with van der Waals surface area (Å²) in [5, 5.41) is 3.79. The number of hydrogen-bond donors (Lipinski definition) is 1. The van der Waals surface area contributed by atoms with E-state index < -0.39 is 10.0 Å². The smallest absolute Gasteiger partial charge is 0.243 e. The van der Waals surface area contributed by atoms with Crippen LogP contribution in [0.25, 0.3) is 5.69 Å². The van der Waals surface area contributed by atoms with Crippen molar-refractivity contribution in [3.63, 3.8) is 0 Å². The molecule has 0 saturated carbocycles. The average Bonchev–Trinajstić information content (AvgIpc) is 3.23. The largest absolute Gasteiger partial charge is 0.372 e. The lowest BCUT2D eigenvalue weighted by Crippen LogP contribution is -2.51. The fourth-order valence-corrected chi connectivity index (χ4v) is 6.19. The van der Waals surface area contributed by atoms with Gasteiger partial charge >= 0.3 is 0 Å². The number of rotatable bonds is 2. The van der Waals surface area contributed by atoms with Crippen molar-refractivity contribution >= 4 is 15.7 Å². The molecule has 0 amide bonds. The zero-order valence-corrected chi connectivity index (χ0v) is 17.5. The lowest BCUT2D eigenvalue weighted by molar-refractivity contribution is 0.247. The zero-order chi connectivity index (χ0) is 20.2. The molecular formula is C23H25N3O2S. The van der Waals surface area contributed by atoms with Crippen molar-refractivity contribution in [3.05, 3.63) is 77.6 Å². The zero-order valence-electron chi connectivity index (χ0n) is 16.7. The number of benzene rings is 2. The molecule has 1 saturated heterocycles. The number of sulfonamides is 1. The van der Waals surface area contributed by atoms with Gasteiger partial charge in [0.1, 0.15) is 0 Å². The minimum Gasteiger partial charge on any atom is -0.372 e. The molecule has 1 spiro atoms. The molecule has 5 rings (SSSR count). The van der Waals surface area contributed by atoms with Gasteiger partial charge in [-0.25, -0.2) is 8.42 Å². The molecule has 0 bridgehead atoms. The number of aryl methyl sites for hydroxylation is 1. The first-order chi connectivity index (χ1) is 13.9.